The van der Waals surface area contributed by atoms with Gasteiger partial charge in [0.15, 0.2) is 5.76 Å². The largest absolute Gasteiger partial charge is 0.459 e. The second-order valence-electron chi connectivity index (χ2n) is 9.05. The third-order valence-electron chi connectivity index (χ3n) is 5.81. The van der Waals surface area contributed by atoms with Crippen LogP contribution in [0, 0.1) is 18.8 Å². The zero-order valence-corrected chi connectivity index (χ0v) is 22.1. The summed E-state index contributed by atoms with van der Waals surface area (Å²) in [5.74, 6) is 4.46. The number of β-amino-alcohol motifs (C(OH)–C–C–N with tert-alkyl or cyclic N) is 1. The van der Waals surface area contributed by atoms with Crippen molar-refractivity contribution in [1.82, 2.24) is 14.6 Å². The molecule has 12 heteroatoms. The van der Waals surface area contributed by atoms with Gasteiger partial charge in [-0.3, -0.25) is 19.1 Å². The maximum absolute atomic E-state index is 12.9. The lowest BCUT2D eigenvalue weighted by Gasteiger charge is -2.14. The van der Waals surface area contributed by atoms with Gasteiger partial charge in [0.25, 0.3) is 17.7 Å². The summed E-state index contributed by atoms with van der Waals surface area (Å²) >= 11 is 0. The highest BCUT2D eigenvalue weighted by Gasteiger charge is 2.24. The van der Waals surface area contributed by atoms with Crippen LogP contribution in [-0.2, 0) is 14.5 Å². The highest BCUT2D eigenvalue weighted by Crippen LogP contribution is 2.16. The van der Waals surface area contributed by atoms with Gasteiger partial charge >= 0.3 is 0 Å². The molecular formula is C27H27N5O6S. The molecule has 3 heterocycles. The summed E-state index contributed by atoms with van der Waals surface area (Å²) in [5, 5.41) is 13.3. The molecule has 39 heavy (non-hydrogen) atoms. The molecule has 1 fully saturated rings. The van der Waals surface area contributed by atoms with Crippen LogP contribution in [0.1, 0.15) is 44.0 Å². The fourth-order valence-corrected chi connectivity index (χ4v) is 4.87. The molecule has 4 rings (SSSR count). The van der Waals surface area contributed by atoms with Gasteiger partial charge in [-0.2, -0.15) is 0 Å². The Morgan fingerprint density at radius 3 is 2.72 bits per heavy atom. The number of pyridine rings is 1. The lowest BCUT2D eigenvalue weighted by Crippen LogP contribution is -2.37. The summed E-state index contributed by atoms with van der Waals surface area (Å²) in [7, 11) is -3.18. The predicted octanol–water partition coefficient (Wildman–Crippen LogP) is 1.17. The second-order valence-corrected chi connectivity index (χ2v) is 11.3. The average molecular weight is 550 g/mol. The Labute approximate surface area is 225 Å². The SMILES string of the molecule is Cc1ccoc1C(=O)Nc1cccc(C#Cc2cc(C(=O)NS(C)(=O)=CC(=O)N3CC[C@H](O)C3)cnc2N)c1. The van der Waals surface area contributed by atoms with E-state index in [0.717, 1.165) is 5.37 Å². The number of nitrogen functional groups attached to an aromatic ring is 1. The number of nitrogens with two attached hydrogens (primary N) is 1. The van der Waals surface area contributed by atoms with E-state index in [1.807, 2.05) is 0 Å². The van der Waals surface area contributed by atoms with E-state index in [9.17, 15) is 23.7 Å². The summed E-state index contributed by atoms with van der Waals surface area (Å²) in [4.78, 5) is 42.9. The van der Waals surface area contributed by atoms with Gasteiger partial charge in [-0.1, -0.05) is 17.9 Å². The number of hydrogen-bond donors (Lipinski definition) is 4. The fourth-order valence-electron chi connectivity index (χ4n) is 3.79. The number of likely N-dealkylation sites (tertiary alicyclic amines) is 1. The molecule has 1 aromatic carbocycles. The van der Waals surface area contributed by atoms with Crippen molar-refractivity contribution in [1.29, 1.82) is 0 Å². The predicted molar refractivity (Wildman–Crippen MR) is 147 cm³/mol. The third kappa shape index (κ3) is 7.04. The molecule has 11 nitrogen and oxygen atoms in total. The molecule has 0 radical (unpaired) electrons. The first kappa shape index (κ1) is 27.4. The van der Waals surface area contributed by atoms with Gasteiger partial charge in [-0.15, -0.1) is 0 Å². The number of aliphatic hydroxyl groups is 1. The molecular weight excluding hydrogens is 522 g/mol. The minimum absolute atomic E-state index is 0.0513. The number of nitrogens with zero attached hydrogens (tertiary/aromatic N) is 2. The minimum Gasteiger partial charge on any atom is -0.459 e. The van der Waals surface area contributed by atoms with Gasteiger partial charge < -0.3 is 25.5 Å². The first-order chi connectivity index (χ1) is 18.5. The molecule has 3 amide bonds. The van der Waals surface area contributed by atoms with Crippen molar-refractivity contribution in [2.45, 2.75) is 19.4 Å². The van der Waals surface area contributed by atoms with Crippen molar-refractivity contribution in [2.75, 3.05) is 30.4 Å². The van der Waals surface area contributed by atoms with Crippen LogP contribution < -0.4 is 15.8 Å². The molecule has 202 valence electrons. The van der Waals surface area contributed by atoms with Crippen LogP contribution in [0.3, 0.4) is 0 Å². The van der Waals surface area contributed by atoms with Crippen LogP contribution in [0.25, 0.3) is 0 Å². The van der Waals surface area contributed by atoms with Gasteiger partial charge in [0.2, 0.25) is 0 Å². The lowest BCUT2D eigenvalue weighted by atomic mass is 10.1. The number of hydrogen-bond acceptors (Lipinski definition) is 8. The zero-order valence-electron chi connectivity index (χ0n) is 21.3. The van der Waals surface area contributed by atoms with Gasteiger partial charge in [0.1, 0.15) is 5.82 Å². The summed E-state index contributed by atoms with van der Waals surface area (Å²) in [6.45, 7) is 2.27. The standard InChI is InChI=1S/C27H27N5O6S/c1-17-9-11-38-24(17)27(36)30-21-5-3-4-18(12-21)6-7-19-13-20(14-29-25(19)28)26(35)31-39(2,37)16-23(34)32-10-8-22(33)15-32/h3-5,9,11-14,16,22,33H,8,10,15H2,1-2H3,(H2,28,29)(H,30,36)(H,31,35,37)/t22-,39?/m0/s1. The summed E-state index contributed by atoms with van der Waals surface area (Å²) in [6.07, 6.45) is 3.73. The number of benzene rings is 1. The van der Waals surface area contributed by atoms with Crippen LogP contribution >= 0.6 is 0 Å². The van der Waals surface area contributed by atoms with Crippen molar-refractivity contribution in [3.05, 3.63) is 76.9 Å². The van der Waals surface area contributed by atoms with Crippen molar-refractivity contribution < 1.29 is 28.1 Å². The zero-order chi connectivity index (χ0) is 28.2. The summed E-state index contributed by atoms with van der Waals surface area (Å²) in [5.41, 5.74) is 8.04. The van der Waals surface area contributed by atoms with E-state index in [4.69, 9.17) is 10.2 Å². The average Bonchev–Trinajstić information content (AvgIpc) is 3.51. The molecule has 1 saturated heterocycles. The molecule has 2 atom stereocenters. The number of carbonyl (C=O) groups excluding carboxylic acids is 3. The molecule has 1 aliphatic heterocycles. The number of aliphatic hydroxyl groups excluding tert-OH is 1. The van der Waals surface area contributed by atoms with Crippen molar-refractivity contribution >= 4 is 44.3 Å². The Hall–Kier alpha value is -4.60. The molecule has 1 aliphatic rings. The number of aromatic nitrogens is 1. The quantitative estimate of drug-likeness (QED) is 0.272. The summed E-state index contributed by atoms with van der Waals surface area (Å²) in [6, 6.07) is 9.93. The number of aryl methyl sites for hydroxylation is 1. The molecule has 2 aromatic heterocycles. The normalized spacial score (nSPS) is 16.0. The molecule has 0 bridgehead atoms. The van der Waals surface area contributed by atoms with Gasteiger partial charge in [0, 0.05) is 42.4 Å². The Morgan fingerprint density at radius 1 is 1.23 bits per heavy atom. The molecule has 5 N–H and O–H groups in total. The topological polar surface area (TPSA) is 168 Å². The van der Waals surface area contributed by atoms with E-state index >= 15 is 0 Å². The van der Waals surface area contributed by atoms with Crippen molar-refractivity contribution in [3.63, 3.8) is 0 Å². The van der Waals surface area contributed by atoms with Crippen LogP contribution in [0.15, 0.2) is 53.3 Å². The van der Waals surface area contributed by atoms with E-state index < -0.39 is 27.6 Å². The number of amides is 3. The number of rotatable bonds is 5. The van der Waals surface area contributed by atoms with Crippen molar-refractivity contribution in [3.8, 4) is 11.8 Å². The Balaban J connectivity index is 1.48. The van der Waals surface area contributed by atoms with Gasteiger partial charge in [-0.25, -0.2) is 9.19 Å². The highest BCUT2D eigenvalue weighted by atomic mass is 32.2. The Bertz CT molecular complexity index is 1630. The smallest absolute Gasteiger partial charge is 0.291 e. The first-order valence-electron chi connectivity index (χ1n) is 11.9. The first-order valence-corrected chi connectivity index (χ1v) is 13.9. The Kier molecular flexibility index (Phi) is 8.04. The molecule has 0 spiro atoms. The van der Waals surface area contributed by atoms with Crippen LogP contribution in [-0.4, -0.2) is 67.7 Å². The van der Waals surface area contributed by atoms with Gasteiger partial charge in [0.05, 0.1) is 38.6 Å². The minimum atomic E-state index is -3.18. The maximum Gasteiger partial charge on any atom is 0.291 e. The van der Waals surface area contributed by atoms with E-state index in [1.165, 1.54) is 29.7 Å². The molecule has 0 saturated carbocycles. The van der Waals surface area contributed by atoms with Crippen molar-refractivity contribution in [2.24, 2.45) is 0 Å². The number of furan rings is 1. The molecule has 3 aromatic rings. The van der Waals surface area contributed by atoms with E-state index in [1.54, 1.807) is 37.3 Å². The van der Waals surface area contributed by atoms with Crippen LogP contribution in [0.2, 0.25) is 0 Å². The fraction of sp³-hybridized carbons (Fsp3) is 0.222. The van der Waals surface area contributed by atoms with Crippen LogP contribution in [0.5, 0.6) is 0 Å². The van der Waals surface area contributed by atoms with Crippen LogP contribution in [0.4, 0.5) is 11.5 Å². The molecule has 0 aliphatic carbocycles. The maximum atomic E-state index is 12.9. The number of carbonyl (C=O) groups is 3. The highest BCUT2D eigenvalue weighted by molar-refractivity contribution is 8.00. The lowest BCUT2D eigenvalue weighted by molar-refractivity contribution is -0.122. The number of nitrogens with one attached hydrogen (secondary N) is 2. The third-order valence-corrected chi connectivity index (χ3v) is 7.05. The monoisotopic (exact) mass is 549 g/mol. The molecule has 1 unspecified atom stereocenters. The van der Waals surface area contributed by atoms with E-state index in [2.05, 4.69) is 26.9 Å². The van der Waals surface area contributed by atoms with E-state index in [0.29, 0.717) is 29.8 Å². The summed E-state index contributed by atoms with van der Waals surface area (Å²) < 4.78 is 20.4. The Morgan fingerprint density at radius 2 is 2.03 bits per heavy atom. The number of anilines is 2. The van der Waals surface area contributed by atoms with Gasteiger partial charge in [-0.05, 0) is 43.7 Å². The van der Waals surface area contributed by atoms with E-state index in [-0.39, 0.29) is 35.2 Å². The second kappa shape index (κ2) is 11.4.